The zero-order valence-corrected chi connectivity index (χ0v) is 31.2. The molecule has 0 aliphatic rings. The van der Waals surface area contributed by atoms with E-state index in [-0.39, 0.29) is 18.1 Å². The Hall–Kier alpha value is -6.26. The number of carbonyl (C=O) groups excluding carboxylic acids is 2. The first-order chi connectivity index (χ1) is 26.0. The number of H-pyrrole nitrogens is 1. The summed E-state index contributed by atoms with van der Waals surface area (Å²) in [6.45, 7) is 8.06. The second-order valence-corrected chi connectivity index (χ2v) is 12.9. The molecule has 2 aromatic heterocycles. The molecule has 0 spiro atoms. The van der Waals surface area contributed by atoms with E-state index in [9.17, 15) is 14.8 Å². The molecule has 17 nitrogen and oxygen atoms in total. The number of imidazole rings is 1. The van der Waals surface area contributed by atoms with Crippen molar-refractivity contribution in [1.29, 1.82) is 0 Å². The normalized spacial score (nSPS) is 12.7. The Morgan fingerprint density at radius 1 is 0.963 bits per heavy atom. The van der Waals surface area contributed by atoms with Crippen LogP contribution in [0.15, 0.2) is 72.0 Å². The molecule has 17 heteroatoms. The van der Waals surface area contributed by atoms with Crippen molar-refractivity contribution in [1.82, 2.24) is 35.2 Å². The maximum atomic E-state index is 13.8. The fourth-order valence-corrected chi connectivity index (χ4v) is 5.47. The van der Waals surface area contributed by atoms with Gasteiger partial charge in [0.15, 0.2) is 0 Å². The molecular weight excluding hydrogens is 698 g/mol. The molecule has 1 N–H and O–H groups in total. The van der Waals surface area contributed by atoms with Crippen LogP contribution in [0.3, 0.4) is 0 Å². The van der Waals surface area contributed by atoms with Crippen molar-refractivity contribution in [2.45, 2.75) is 65.9 Å². The predicted molar refractivity (Wildman–Crippen MR) is 196 cm³/mol. The molecule has 0 fully saturated rings. The summed E-state index contributed by atoms with van der Waals surface area (Å²) >= 11 is 0. The Kier molecular flexibility index (Phi) is 13.3. The number of tetrazole rings is 1. The quantitative estimate of drug-likeness (QED) is 0.0254. The minimum Gasteiger partial charge on any atom is -0.569 e. The van der Waals surface area contributed by atoms with E-state index in [2.05, 4.69) is 30.9 Å². The van der Waals surface area contributed by atoms with Crippen LogP contribution in [0.1, 0.15) is 62.9 Å². The van der Waals surface area contributed by atoms with Crippen LogP contribution in [0.4, 0.5) is 4.79 Å². The standard InChI is InChI=1S/C37H45N9O8/c1-7-50-36-38-31-17-12-16-30(34(47)53-35(24(2)3)54-37(48)52-25(4)13-10-11-22-51-43-46(49)44(5)6)32(31)45(36)23-26-18-20-27(21-19-26)28-14-8-9-15-29(28)33-39-41-42-40-33/h8-9,12,14-21,24-25,35H,7,10-11,13,22-23H2,1-6H3,(H,39,40,41,42)/b46-43-/t25-,35?/m0/s1. The summed E-state index contributed by atoms with van der Waals surface area (Å²) in [4.78, 5) is 36.5. The number of ether oxygens (including phenoxy) is 4. The lowest BCUT2D eigenvalue weighted by molar-refractivity contribution is -0.699. The monoisotopic (exact) mass is 743 g/mol. The Morgan fingerprint density at radius 3 is 2.41 bits per heavy atom. The van der Waals surface area contributed by atoms with Gasteiger partial charge in [0.1, 0.15) is 12.7 Å². The van der Waals surface area contributed by atoms with E-state index in [1.54, 1.807) is 53.1 Å². The summed E-state index contributed by atoms with van der Waals surface area (Å²) in [5.74, 6) is -0.584. The van der Waals surface area contributed by atoms with Gasteiger partial charge in [-0.3, -0.25) is 4.57 Å². The van der Waals surface area contributed by atoms with Gasteiger partial charge in [-0.15, -0.1) is 10.2 Å². The summed E-state index contributed by atoms with van der Waals surface area (Å²) in [6, 6.07) is 21.3. The van der Waals surface area contributed by atoms with Crippen LogP contribution in [-0.2, 0) is 25.6 Å². The molecule has 286 valence electrons. The van der Waals surface area contributed by atoms with Crippen LogP contribution < -0.4 is 4.74 Å². The maximum absolute atomic E-state index is 13.8. The topological polar surface area (TPSA) is 194 Å². The summed E-state index contributed by atoms with van der Waals surface area (Å²) in [5, 5.41) is 30.5. The summed E-state index contributed by atoms with van der Waals surface area (Å²) in [5.41, 5.74) is 4.97. The molecule has 0 radical (unpaired) electrons. The average Bonchev–Trinajstić information content (AvgIpc) is 3.82. The van der Waals surface area contributed by atoms with Crippen LogP contribution in [0.2, 0.25) is 0 Å². The van der Waals surface area contributed by atoms with Crippen molar-refractivity contribution in [3.05, 3.63) is 83.1 Å². The third-order valence-corrected chi connectivity index (χ3v) is 8.19. The van der Waals surface area contributed by atoms with Crippen LogP contribution in [0, 0.1) is 11.1 Å². The van der Waals surface area contributed by atoms with Gasteiger partial charge in [0.05, 0.1) is 48.8 Å². The molecule has 3 aromatic carbocycles. The number of nitrogens with one attached hydrogen (secondary N) is 1. The SMILES string of the molecule is CCOc1nc2cccc(C(=O)OC(OC(=O)O[C@@H](C)CCCCO/N=[N+](\[O-])N(C)C)C(C)C)c2n1Cc1ccc(-c2ccccc2-c2nn[nH]n2)cc1. The van der Waals surface area contributed by atoms with Gasteiger partial charge in [0.2, 0.25) is 11.1 Å². The van der Waals surface area contributed by atoms with E-state index in [0.29, 0.717) is 60.3 Å². The minimum atomic E-state index is -1.22. The molecule has 0 amide bonds. The fourth-order valence-electron chi connectivity index (χ4n) is 5.47. The molecule has 2 atom stereocenters. The fraction of sp³-hybridized carbons (Fsp3) is 0.405. The molecule has 2 heterocycles. The van der Waals surface area contributed by atoms with Crippen molar-refractivity contribution in [3.8, 4) is 28.5 Å². The second kappa shape index (κ2) is 18.5. The molecule has 1 unspecified atom stereocenters. The van der Waals surface area contributed by atoms with Gasteiger partial charge in [-0.1, -0.05) is 68.4 Å². The number of hydrazine groups is 1. The molecule has 0 bridgehead atoms. The van der Waals surface area contributed by atoms with Crippen molar-refractivity contribution in [2.75, 3.05) is 27.3 Å². The van der Waals surface area contributed by atoms with E-state index in [4.69, 9.17) is 23.8 Å². The van der Waals surface area contributed by atoms with Crippen molar-refractivity contribution < 1.29 is 38.3 Å². The van der Waals surface area contributed by atoms with E-state index < -0.39 is 24.5 Å². The molecular formula is C37H45N9O8. The van der Waals surface area contributed by atoms with Gasteiger partial charge in [-0.25, -0.2) is 9.59 Å². The lowest BCUT2D eigenvalue weighted by Crippen LogP contribution is -2.31. The van der Waals surface area contributed by atoms with Gasteiger partial charge in [0, 0.05) is 11.5 Å². The second-order valence-electron chi connectivity index (χ2n) is 12.9. The number of para-hydroxylation sites is 1. The number of esters is 1. The number of aromatic nitrogens is 6. The first-order valence-electron chi connectivity index (χ1n) is 17.7. The average molecular weight is 744 g/mol. The minimum absolute atomic E-state index is 0.229. The number of fused-ring (bicyclic) bond motifs is 1. The Morgan fingerprint density at radius 2 is 1.72 bits per heavy atom. The maximum Gasteiger partial charge on any atom is 0.511 e. The number of hydrogen-bond donors (Lipinski definition) is 1. The molecule has 0 aliphatic carbocycles. The summed E-state index contributed by atoms with van der Waals surface area (Å²) < 4.78 is 24.4. The van der Waals surface area contributed by atoms with Gasteiger partial charge in [0.25, 0.3) is 12.3 Å². The predicted octanol–water partition coefficient (Wildman–Crippen LogP) is 6.55. The van der Waals surface area contributed by atoms with Crippen LogP contribution >= 0.6 is 0 Å². The molecule has 54 heavy (non-hydrogen) atoms. The Labute approximate surface area is 312 Å². The molecule has 5 rings (SSSR count). The van der Waals surface area contributed by atoms with Gasteiger partial charge in [-0.05, 0) is 67.1 Å². The van der Waals surface area contributed by atoms with Gasteiger partial charge >= 0.3 is 12.1 Å². The van der Waals surface area contributed by atoms with Crippen molar-refractivity contribution in [2.24, 2.45) is 11.2 Å². The summed E-state index contributed by atoms with van der Waals surface area (Å²) in [6.07, 6.45) is -0.906. The third kappa shape index (κ3) is 9.99. The lowest BCUT2D eigenvalue weighted by Gasteiger charge is -2.22. The zero-order valence-electron chi connectivity index (χ0n) is 31.2. The molecule has 0 saturated carbocycles. The van der Waals surface area contributed by atoms with Crippen molar-refractivity contribution >= 4 is 23.2 Å². The first kappa shape index (κ1) is 39.0. The zero-order chi connectivity index (χ0) is 38.6. The van der Waals surface area contributed by atoms with E-state index >= 15 is 0 Å². The molecule has 0 aliphatic heterocycles. The first-order valence-corrected chi connectivity index (χ1v) is 17.7. The van der Waals surface area contributed by atoms with Gasteiger partial charge in [-0.2, -0.15) is 15.2 Å². The number of unbranched alkanes of at least 4 members (excludes halogenated alkanes) is 1. The smallest absolute Gasteiger partial charge is 0.511 e. The molecule has 5 aromatic rings. The highest BCUT2D eigenvalue weighted by Crippen LogP contribution is 2.31. The van der Waals surface area contributed by atoms with Crippen LogP contribution in [0.5, 0.6) is 6.01 Å². The highest BCUT2D eigenvalue weighted by Gasteiger charge is 2.28. The van der Waals surface area contributed by atoms with Crippen LogP contribution in [0.25, 0.3) is 33.5 Å². The number of aromatic amines is 1. The highest BCUT2D eigenvalue weighted by molar-refractivity contribution is 6.02. The molecule has 0 saturated heterocycles. The van der Waals surface area contributed by atoms with E-state index in [1.807, 2.05) is 60.0 Å². The summed E-state index contributed by atoms with van der Waals surface area (Å²) in [7, 11) is 3.09. The number of nitrogens with zero attached hydrogens (tertiary/aromatic N) is 8. The van der Waals surface area contributed by atoms with E-state index in [1.165, 1.54) is 5.01 Å². The van der Waals surface area contributed by atoms with E-state index in [0.717, 1.165) is 22.3 Å². The number of rotatable bonds is 18. The number of carbonyl (C=O) groups is 2. The number of benzene rings is 3. The Bertz CT molecular complexity index is 2010. The third-order valence-electron chi connectivity index (χ3n) is 8.19. The highest BCUT2D eigenvalue weighted by atomic mass is 16.8. The van der Waals surface area contributed by atoms with Crippen LogP contribution in [-0.4, -0.2) is 92.0 Å². The van der Waals surface area contributed by atoms with Gasteiger partial charge < -0.3 is 29.0 Å². The number of hydrogen-bond acceptors (Lipinski definition) is 13. The van der Waals surface area contributed by atoms with Crippen molar-refractivity contribution in [3.63, 3.8) is 0 Å². The Balaban J connectivity index is 1.27. The lowest BCUT2D eigenvalue weighted by atomic mass is 9.98. The largest absolute Gasteiger partial charge is 0.569 e.